The quantitative estimate of drug-likeness (QED) is 0.200. The van der Waals surface area contributed by atoms with Crippen LogP contribution in [-0.2, 0) is 29.2 Å². The lowest BCUT2D eigenvalue weighted by Crippen LogP contribution is -2.63. The van der Waals surface area contributed by atoms with E-state index < -0.39 is 57.3 Å². The first-order chi connectivity index (χ1) is 23.6. The third-order valence-corrected chi connectivity index (χ3v) is 14.7. The van der Waals surface area contributed by atoms with Gasteiger partial charge in [-0.3, -0.25) is 19.2 Å². The third kappa shape index (κ3) is 8.16. The largest absolute Gasteiger partial charge is 0.347 e. The summed E-state index contributed by atoms with van der Waals surface area (Å²) in [5.41, 5.74) is -1.11. The van der Waals surface area contributed by atoms with Crippen LogP contribution in [0.5, 0.6) is 0 Å². The van der Waals surface area contributed by atoms with Gasteiger partial charge in [-0.05, 0) is 74.0 Å². The van der Waals surface area contributed by atoms with Crippen LogP contribution < -0.4 is 21.3 Å². The van der Waals surface area contributed by atoms with Crippen molar-refractivity contribution in [3.63, 3.8) is 0 Å². The summed E-state index contributed by atoms with van der Waals surface area (Å²) in [6.45, 7) is 4.56. The van der Waals surface area contributed by atoms with E-state index >= 15 is 0 Å². The van der Waals surface area contributed by atoms with Crippen LogP contribution in [0.15, 0.2) is 0 Å². The number of sulfonamides is 1. The summed E-state index contributed by atoms with van der Waals surface area (Å²) in [6, 6.07) is -3.20. The standard InChI is InChI=1S/C36H58N6O7S/c1-35(2)25-20-42(29(27(25)35)31(44)38-26(19-22-13-14-22)30(43)32(45)37-24-15-16-24)33(46)28(23-11-7-5-8-12-23)39-34(47)40-36(17-9-6-10-18-36)21-50(48,49)41(3)4/h22-29H,5-21H2,1-4H3,(H,37,45)(H,38,44)(H2,39,40,47)/t25-,26-,27-,28-,29-/m0/s1. The Morgan fingerprint density at radius 3 is 2.10 bits per heavy atom. The molecule has 0 aromatic carbocycles. The molecule has 0 bridgehead atoms. The zero-order valence-electron chi connectivity index (χ0n) is 30.3. The maximum absolute atomic E-state index is 14.7. The Labute approximate surface area is 297 Å². The molecule has 6 aliphatic rings. The highest BCUT2D eigenvalue weighted by molar-refractivity contribution is 7.89. The number of nitrogens with zero attached hydrogens (tertiary/aromatic N) is 2. The van der Waals surface area contributed by atoms with E-state index in [0.717, 1.165) is 77.0 Å². The lowest BCUT2D eigenvalue weighted by atomic mass is 9.82. The predicted octanol–water partition coefficient (Wildman–Crippen LogP) is 2.44. The Morgan fingerprint density at radius 2 is 1.50 bits per heavy atom. The minimum Gasteiger partial charge on any atom is -0.347 e. The maximum atomic E-state index is 14.7. The van der Waals surface area contributed by atoms with Crippen LogP contribution >= 0.6 is 0 Å². The molecular weight excluding hydrogens is 660 g/mol. The zero-order chi connectivity index (χ0) is 36.0. The van der Waals surface area contributed by atoms with Gasteiger partial charge < -0.3 is 26.2 Å². The van der Waals surface area contributed by atoms with Crippen LogP contribution in [-0.4, -0.2) is 103 Å². The van der Waals surface area contributed by atoms with E-state index in [-0.39, 0.29) is 46.8 Å². The molecule has 5 atom stereocenters. The number of carbonyl (C=O) groups excluding carboxylic acids is 5. The molecule has 6 rings (SSSR count). The van der Waals surface area contributed by atoms with Gasteiger partial charge in [-0.2, -0.15) is 0 Å². The molecule has 5 amide bonds. The first-order valence-corrected chi connectivity index (χ1v) is 20.7. The Hall–Kier alpha value is -2.74. The van der Waals surface area contributed by atoms with Crippen molar-refractivity contribution in [1.29, 1.82) is 0 Å². The van der Waals surface area contributed by atoms with Crippen molar-refractivity contribution in [2.45, 2.75) is 140 Å². The van der Waals surface area contributed by atoms with Gasteiger partial charge >= 0.3 is 6.03 Å². The van der Waals surface area contributed by atoms with E-state index in [2.05, 4.69) is 35.1 Å². The van der Waals surface area contributed by atoms with Gasteiger partial charge in [0.2, 0.25) is 27.6 Å². The molecule has 5 aliphatic carbocycles. The van der Waals surface area contributed by atoms with Gasteiger partial charge in [0.1, 0.15) is 12.1 Å². The number of hydrogen-bond donors (Lipinski definition) is 4. The molecule has 5 saturated carbocycles. The number of amides is 5. The van der Waals surface area contributed by atoms with E-state index in [4.69, 9.17) is 0 Å². The summed E-state index contributed by atoms with van der Waals surface area (Å²) in [7, 11) is -0.633. The highest BCUT2D eigenvalue weighted by Gasteiger charge is 2.70. The number of hydrogen-bond acceptors (Lipinski definition) is 7. The SMILES string of the molecule is CN(C)S(=O)(=O)CC1(NC(=O)N[C@H](C(=O)N2C[C@H]3[C@@H]([C@H]2C(=O)N[C@@H](CC2CC2)C(=O)C(=O)NC2CC2)C3(C)C)C2CCCCC2)CCCCC1. The summed E-state index contributed by atoms with van der Waals surface area (Å²) >= 11 is 0. The summed E-state index contributed by atoms with van der Waals surface area (Å²) in [4.78, 5) is 70.4. The fraction of sp³-hybridized carbons (Fsp3) is 0.861. The number of carbonyl (C=O) groups is 5. The molecule has 50 heavy (non-hydrogen) atoms. The summed E-state index contributed by atoms with van der Waals surface area (Å²) in [5.74, 6) is -2.10. The van der Waals surface area contributed by atoms with Gasteiger partial charge in [0.15, 0.2) is 0 Å². The number of urea groups is 1. The van der Waals surface area contributed by atoms with Crippen LogP contribution in [0.1, 0.15) is 110 Å². The van der Waals surface area contributed by atoms with Crippen molar-refractivity contribution in [1.82, 2.24) is 30.5 Å². The van der Waals surface area contributed by atoms with E-state index in [0.29, 0.717) is 25.8 Å². The molecule has 0 aromatic rings. The van der Waals surface area contributed by atoms with Gasteiger partial charge in [-0.15, -0.1) is 0 Å². The minimum absolute atomic E-state index is 0.0199. The van der Waals surface area contributed by atoms with E-state index in [1.807, 2.05) is 0 Å². The Bertz CT molecular complexity index is 1450. The molecule has 13 nitrogen and oxygen atoms in total. The molecule has 0 unspecified atom stereocenters. The number of Topliss-reactive ketones (excluding diaryl/α,β-unsaturated/α-hetero) is 1. The van der Waals surface area contributed by atoms with Crippen molar-refractivity contribution < 1.29 is 32.4 Å². The van der Waals surface area contributed by atoms with Crippen LogP contribution in [0.4, 0.5) is 4.79 Å². The summed E-state index contributed by atoms with van der Waals surface area (Å²) in [6.07, 6.45) is 12.0. The number of ketones is 1. The number of piperidine rings is 1. The van der Waals surface area contributed by atoms with E-state index in [1.165, 1.54) is 18.4 Å². The molecule has 0 spiro atoms. The Balaban J connectivity index is 1.21. The molecule has 1 saturated heterocycles. The smallest absolute Gasteiger partial charge is 0.315 e. The molecule has 1 heterocycles. The summed E-state index contributed by atoms with van der Waals surface area (Å²) < 4.78 is 27.2. The maximum Gasteiger partial charge on any atom is 0.315 e. The molecule has 0 radical (unpaired) electrons. The first kappa shape index (κ1) is 37.0. The number of likely N-dealkylation sites (tertiary alicyclic amines) is 1. The van der Waals surface area contributed by atoms with Gasteiger partial charge in [0.25, 0.3) is 5.91 Å². The second-order valence-electron chi connectivity index (χ2n) is 17.1. The molecule has 280 valence electrons. The van der Waals surface area contributed by atoms with E-state index in [1.54, 1.807) is 4.90 Å². The van der Waals surface area contributed by atoms with E-state index in [9.17, 15) is 32.4 Å². The molecule has 1 aliphatic heterocycles. The second kappa shape index (κ2) is 14.4. The van der Waals surface area contributed by atoms with Gasteiger partial charge in [-0.1, -0.05) is 65.2 Å². The highest BCUT2D eigenvalue weighted by atomic mass is 32.2. The lowest BCUT2D eigenvalue weighted by Gasteiger charge is -2.40. The van der Waals surface area contributed by atoms with Crippen molar-refractivity contribution >= 4 is 39.6 Å². The lowest BCUT2D eigenvalue weighted by molar-refractivity contribution is -0.145. The van der Waals surface area contributed by atoms with Gasteiger partial charge in [-0.25, -0.2) is 17.5 Å². The highest BCUT2D eigenvalue weighted by Crippen LogP contribution is 2.65. The van der Waals surface area contributed by atoms with Crippen molar-refractivity contribution in [3.05, 3.63) is 0 Å². The molecule has 0 aromatic heterocycles. The van der Waals surface area contributed by atoms with Crippen LogP contribution in [0, 0.1) is 29.1 Å². The molecule has 14 heteroatoms. The first-order valence-electron chi connectivity index (χ1n) is 19.1. The third-order valence-electron chi connectivity index (χ3n) is 12.7. The number of rotatable bonds is 14. The van der Waals surface area contributed by atoms with Crippen molar-refractivity contribution in [2.75, 3.05) is 26.4 Å². The zero-order valence-corrected chi connectivity index (χ0v) is 31.1. The predicted molar refractivity (Wildman–Crippen MR) is 187 cm³/mol. The Morgan fingerprint density at radius 1 is 0.860 bits per heavy atom. The summed E-state index contributed by atoms with van der Waals surface area (Å²) in [5, 5.41) is 11.7. The van der Waals surface area contributed by atoms with Crippen molar-refractivity contribution in [3.8, 4) is 0 Å². The van der Waals surface area contributed by atoms with Crippen LogP contribution in [0.2, 0.25) is 0 Å². The Kier molecular flexibility index (Phi) is 10.6. The topological polar surface area (TPSA) is 174 Å². The average molecular weight is 719 g/mol. The molecule has 6 fully saturated rings. The van der Waals surface area contributed by atoms with Crippen LogP contribution in [0.3, 0.4) is 0 Å². The normalized spacial score (nSPS) is 28.6. The molecular formula is C36H58N6O7S. The fourth-order valence-electron chi connectivity index (χ4n) is 9.09. The fourth-order valence-corrected chi connectivity index (χ4v) is 10.4. The number of nitrogens with one attached hydrogen (secondary N) is 4. The monoisotopic (exact) mass is 718 g/mol. The minimum atomic E-state index is -3.62. The van der Waals surface area contributed by atoms with Crippen LogP contribution in [0.25, 0.3) is 0 Å². The van der Waals surface area contributed by atoms with Gasteiger partial charge in [0.05, 0.1) is 17.3 Å². The number of fused-ring (bicyclic) bond motifs is 1. The van der Waals surface area contributed by atoms with Crippen molar-refractivity contribution in [2.24, 2.45) is 29.1 Å². The second-order valence-corrected chi connectivity index (χ2v) is 19.3. The van der Waals surface area contributed by atoms with Gasteiger partial charge in [0, 0.05) is 26.7 Å². The average Bonchev–Trinajstić information content (AvgIpc) is 4.03. The molecule has 4 N–H and O–H groups in total.